The Bertz CT molecular complexity index is 893. The number of hydrogen-bond donors (Lipinski definition) is 2. The van der Waals surface area contributed by atoms with Gasteiger partial charge >= 0.3 is 0 Å². The van der Waals surface area contributed by atoms with Crippen LogP contribution in [-0.4, -0.2) is 61.1 Å². The number of fused-ring (bicyclic) bond motifs is 1. The number of allylic oxidation sites excluding steroid dienone is 3. The van der Waals surface area contributed by atoms with Crippen LogP contribution in [0.5, 0.6) is 0 Å². The van der Waals surface area contributed by atoms with Crippen molar-refractivity contribution in [2.75, 3.05) is 26.2 Å². The van der Waals surface area contributed by atoms with Gasteiger partial charge < -0.3 is 5.11 Å². The molecule has 0 amide bonds. The lowest BCUT2D eigenvalue weighted by molar-refractivity contribution is -0.0552. The molecule has 2 saturated heterocycles. The monoisotopic (exact) mass is 434 g/mol. The summed E-state index contributed by atoms with van der Waals surface area (Å²) in [4.78, 5) is 2.25. The highest BCUT2D eigenvalue weighted by Crippen LogP contribution is 2.42. The van der Waals surface area contributed by atoms with Gasteiger partial charge in [-0.15, -0.1) is 12.6 Å². The molecule has 2 fully saturated rings. The molecule has 3 atom stereocenters. The third-order valence-corrected chi connectivity index (χ3v) is 8.30. The molecule has 1 aromatic carbocycles. The van der Waals surface area contributed by atoms with E-state index in [0.717, 1.165) is 36.1 Å². The van der Waals surface area contributed by atoms with Gasteiger partial charge in [0.1, 0.15) is 4.24 Å². The molecule has 0 saturated carbocycles. The Labute approximate surface area is 179 Å². The number of rotatable bonds is 6. The largest absolute Gasteiger partial charge is 0.395 e. The number of sulfonamides is 1. The smallest absolute Gasteiger partial charge is 0.248 e. The minimum atomic E-state index is -3.62. The van der Waals surface area contributed by atoms with Crippen LogP contribution in [0.3, 0.4) is 0 Å². The van der Waals surface area contributed by atoms with E-state index in [1.807, 2.05) is 31.2 Å². The fourth-order valence-electron chi connectivity index (χ4n) is 4.49. The molecule has 7 heteroatoms. The van der Waals surface area contributed by atoms with Crippen LogP contribution in [0.4, 0.5) is 0 Å². The molecule has 2 aliphatic heterocycles. The Morgan fingerprint density at radius 3 is 2.48 bits per heavy atom. The van der Waals surface area contributed by atoms with Crippen LogP contribution in [-0.2, 0) is 10.0 Å². The molecule has 5 nitrogen and oxygen atoms in total. The number of hydrogen-bond acceptors (Lipinski definition) is 5. The molecule has 1 N–H and O–H groups in total. The molecule has 0 aliphatic carbocycles. The summed E-state index contributed by atoms with van der Waals surface area (Å²) in [6, 6.07) is 8.27. The standard InChI is InChI=1S/C22H30N2O3S2/c1-4-7-16(2)18-8-10-19(11-9-18)22-20-14-23(29(26,27)17(3)28)12-5-6-13-24(20)21(22)15-25/h4,7-11,20-22,25,28H,2-3,5-6,12-15H2,1H3/b7-4+/t20-,21+,22-/m0/s1. The predicted molar refractivity (Wildman–Crippen MR) is 122 cm³/mol. The van der Waals surface area contributed by atoms with E-state index in [9.17, 15) is 13.5 Å². The fourth-order valence-corrected chi connectivity index (χ4v) is 5.86. The zero-order chi connectivity index (χ0) is 21.2. The van der Waals surface area contributed by atoms with Gasteiger partial charge in [-0.2, -0.15) is 4.31 Å². The van der Waals surface area contributed by atoms with E-state index in [1.54, 1.807) is 0 Å². The summed E-state index contributed by atoms with van der Waals surface area (Å²) in [6.07, 6.45) is 5.61. The zero-order valence-corrected chi connectivity index (χ0v) is 18.6. The van der Waals surface area contributed by atoms with Gasteiger partial charge in [-0.25, -0.2) is 8.42 Å². The van der Waals surface area contributed by atoms with Crippen molar-refractivity contribution >= 4 is 28.2 Å². The minimum absolute atomic E-state index is 0.00597. The average Bonchev–Trinajstić information content (AvgIpc) is 2.67. The maximum Gasteiger partial charge on any atom is 0.248 e. The summed E-state index contributed by atoms with van der Waals surface area (Å²) in [5.41, 5.74) is 3.12. The lowest BCUT2D eigenvalue weighted by Crippen LogP contribution is -2.67. The van der Waals surface area contributed by atoms with Gasteiger partial charge in [0.25, 0.3) is 0 Å². The lowest BCUT2D eigenvalue weighted by atomic mass is 9.74. The summed E-state index contributed by atoms with van der Waals surface area (Å²) < 4.78 is 26.7. The maximum absolute atomic E-state index is 12.7. The molecule has 0 bridgehead atoms. The van der Waals surface area contributed by atoms with E-state index >= 15 is 0 Å². The second kappa shape index (κ2) is 9.18. The highest BCUT2D eigenvalue weighted by atomic mass is 32.3. The third-order valence-electron chi connectivity index (χ3n) is 6.00. The average molecular weight is 435 g/mol. The molecule has 2 aliphatic rings. The van der Waals surface area contributed by atoms with Crippen molar-refractivity contribution in [3.63, 3.8) is 0 Å². The molecule has 0 aromatic heterocycles. The summed E-state index contributed by atoms with van der Waals surface area (Å²) >= 11 is 4.01. The molecule has 2 heterocycles. The SMILES string of the molecule is C=C(/C=C/C)c1ccc([C@@H]2[C@@H](CO)N3CCCCN(S(=O)(=O)C(=C)S)C[C@@H]23)cc1. The number of nitrogens with zero attached hydrogens (tertiary/aromatic N) is 2. The molecule has 158 valence electrons. The number of aliphatic hydroxyl groups is 1. The van der Waals surface area contributed by atoms with Crippen LogP contribution in [0.1, 0.15) is 36.8 Å². The summed E-state index contributed by atoms with van der Waals surface area (Å²) in [5, 5.41) is 10.0. The Morgan fingerprint density at radius 1 is 1.24 bits per heavy atom. The predicted octanol–water partition coefficient (Wildman–Crippen LogP) is 3.23. The van der Waals surface area contributed by atoms with Gasteiger partial charge in [0, 0.05) is 31.1 Å². The van der Waals surface area contributed by atoms with Crippen LogP contribution in [0, 0.1) is 0 Å². The molecule has 0 spiro atoms. The highest BCUT2D eigenvalue weighted by Gasteiger charge is 2.50. The third kappa shape index (κ3) is 4.39. The zero-order valence-electron chi connectivity index (χ0n) is 16.9. The Kier molecular flexibility index (Phi) is 7.06. The molecular formula is C22H30N2O3S2. The Morgan fingerprint density at radius 2 is 1.90 bits per heavy atom. The van der Waals surface area contributed by atoms with Crippen LogP contribution >= 0.6 is 12.6 Å². The highest BCUT2D eigenvalue weighted by molar-refractivity contribution is 8.09. The Balaban J connectivity index is 1.88. The molecule has 3 rings (SSSR count). The fraction of sp³-hybridized carbons (Fsp3) is 0.455. The van der Waals surface area contributed by atoms with Gasteiger partial charge in [0.2, 0.25) is 10.0 Å². The minimum Gasteiger partial charge on any atom is -0.395 e. The van der Waals surface area contributed by atoms with Crippen molar-refractivity contribution < 1.29 is 13.5 Å². The molecule has 0 radical (unpaired) electrons. The first-order chi connectivity index (χ1) is 13.8. The van der Waals surface area contributed by atoms with Crippen molar-refractivity contribution in [1.29, 1.82) is 0 Å². The van der Waals surface area contributed by atoms with Crippen LogP contribution in [0.2, 0.25) is 0 Å². The van der Waals surface area contributed by atoms with E-state index in [2.05, 4.69) is 42.8 Å². The molecule has 29 heavy (non-hydrogen) atoms. The van der Waals surface area contributed by atoms with Crippen LogP contribution < -0.4 is 0 Å². The van der Waals surface area contributed by atoms with Gasteiger partial charge in [0.05, 0.1) is 6.61 Å². The van der Waals surface area contributed by atoms with Gasteiger partial charge in [0.15, 0.2) is 0 Å². The summed E-state index contributed by atoms with van der Waals surface area (Å²) in [6.45, 7) is 11.4. The van der Waals surface area contributed by atoms with E-state index in [4.69, 9.17) is 0 Å². The number of aliphatic hydroxyl groups excluding tert-OH is 1. The van der Waals surface area contributed by atoms with Gasteiger partial charge in [-0.3, -0.25) is 4.90 Å². The first kappa shape index (κ1) is 22.3. The van der Waals surface area contributed by atoms with Crippen molar-refractivity contribution in [2.45, 2.75) is 37.8 Å². The topological polar surface area (TPSA) is 60.9 Å². The lowest BCUT2D eigenvalue weighted by Gasteiger charge is -2.57. The number of thiol groups is 1. The van der Waals surface area contributed by atoms with E-state index in [1.165, 1.54) is 4.31 Å². The first-order valence-electron chi connectivity index (χ1n) is 9.97. The van der Waals surface area contributed by atoms with E-state index in [0.29, 0.717) is 13.1 Å². The molecule has 1 aromatic rings. The second-order valence-corrected chi connectivity index (χ2v) is 10.5. The molecular weight excluding hydrogens is 404 g/mol. The normalized spacial score (nSPS) is 26.4. The quantitative estimate of drug-likeness (QED) is 0.533. The van der Waals surface area contributed by atoms with Crippen molar-refractivity contribution in [3.8, 4) is 0 Å². The van der Waals surface area contributed by atoms with E-state index in [-0.39, 0.29) is 28.8 Å². The van der Waals surface area contributed by atoms with Crippen molar-refractivity contribution in [3.05, 3.63) is 64.9 Å². The number of benzene rings is 1. The molecule has 0 unspecified atom stereocenters. The van der Waals surface area contributed by atoms with Gasteiger partial charge in [-0.05, 0) is 43.0 Å². The van der Waals surface area contributed by atoms with Crippen LogP contribution in [0.15, 0.2) is 53.8 Å². The second-order valence-electron chi connectivity index (χ2n) is 7.69. The van der Waals surface area contributed by atoms with Crippen LogP contribution in [0.25, 0.3) is 5.57 Å². The first-order valence-corrected chi connectivity index (χ1v) is 11.9. The summed E-state index contributed by atoms with van der Waals surface area (Å²) in [7, 11) is -3.62. The van der Waals surface area contributed by atoms with Gasteiger partial charge in [-0.1, -0.05) is 49.6 Å². The Hall–Kier alpha value is -1.38. The van der Waals surface area contributed by atoms with Crippen molar-refractivity contribution in [1.82, 2.24) is 9.21 Å². The van der Waals surface area contributed by atoms with E-state index < -0.39 is 10.0 Å². The maximum atomic E-state index is 12.7. The summed E-state index contributed by atoms with van der Waals surface area (Å²) in [5.74, 6) is 0.0769. The van der Waals surface area contributed by atoms with Crippen molar-refractivity contribution in [2.24, 2.45) is 0 Å².